The van der Waals surface area contributed by atoms with E-state index in [1.165, 1.54) is 0 Å². The van der Waals surface area contributed by atoms with Gasteiger partial charge in [-0.15, -0.1) is 20.3 Å². The highest BCUT2D eigenvalue weighted by Crippen LogP contribution is 2.30. The second kappa shape index (κ2) is 8.63. The molecule has 0 spiro atoms. The fourth-order valence-electron chi connectivity index (χ4n) is 2.66. The number of para-hydroxylation sites is 1. The molecule has 0 saturated carbocycles. The van der Waals surface area contributed by atoms with Crippen LogP contribution in [-0.4, -0.2) is 38.4 Å². The van der Waals surface area contributed by atoms with Crippen molar-refractivity contribution in [3.63, 3.8) is 0 Å². The number of nitrogens with zero attached hydrogens (tertiary/aromatic N) is 1. The van der Waals surface area contributed by atoms with Crippen LogP contribution in [0.3, 0.4) is 0 Å². The zero-order valence-corrected chi connectivity index (χ0v) is 15.9. The molecule has 0 fully saturated rings. The number of aromatic nitrogens is 1. The first-order valence-corrected chi connectivity index (χ1v) is 10.7. The number of benzene rings is 2. The summed E-state index contributed by atoms with van der Waals surface area (Å²) in [5.41, 5.74) is 0.783. The number of aliphatic hydroxyl groups is 1. The van der Waals surface area contributed by atoms with E-state index in [2.05, 4.69) is 4.98 Å². The van der Waals surface area contributed by atoms with Gasteiger partial charge in [0.05, 0.1) is 10.5 Å². The highest BCUT2D eigenvalue weighted by molar-refractivity contribution is 8.03. The Hall–Kier alpha value is -1.94. The number of carboxylic acids is 1. The molecule has 0 aliphatic carbocycles. The second-order valence-corrected chi connectivity index (χ2v) is 8.77. The maximum Gasteiger partial charge on any atom is 0.336 e. The van der Waals surface area contributed by atoms with Crippen LogP contribution in [0.25, 0.3) is 10.9 Å². The maximum atomic E-state index is 11.6. The molecule has 0 bridgehead atoms. The van der Waals surface area contributed by atoms with Crippen molar-refractivity contribution in [1.82, 2.24) is 4.98 Å². The van der Waals surface area contributed by atoms with Gasteiger partial charge in [0.25, 0.3) is 0 Å². The van der Waals surface area contributed by atoms with Crippen LogP contribution in [0.1, 0.15) is 5.56 Å². The Labute approximate surface area is 158 Å². The van der Waals surface area contributed by atoms with Crippen LogP contribution in [0.2, 0.25) is 0 Å². The fraction of sp³-hybridized carbons (Fsp3) is 0.200. The van der Waals surface area contributed by atoms with Gasteiger partial charge >= 0.3 is 5.97 Å². The Kier molecular flexibility index (Phi) is 6.25. The summed E-state index contributed by atoms with van der Waals surface area (Å²) < 4.78 is 0. The van der Waals surface area contributed by atoms with Crippen LogP contribution in [0.4, 0.5) is 0 Å². The summed E-state index contributed by atoms with van der Waals surface area (Å²) in [5, 5.41) is 22.0. The highest BCUT2D eigenvalue weighted by atomic mass is 32.2. The summed E-state index contributed by atoms with van der Waals surface area (Å²) in [5.74, 6) is -1.16. The quantitative estimate of drug-likeness (QED) is 0.348. The van der Waals surface area contributed by atoms with Crippen molar-refractivity contribution < 1.29 is 15.0 Å². The second-order valence-electron chi connectivity index (χ2n) is 6.06. The minimum Gasteiger partial charge on any atom is -0.479 e. The standard InChI is InChI=1S/C20H20NO3PS/c22-19(23)20(24,12-15-6-2-1-3-7-15)13-25-14-26-18-11-10-16-8-4-5-9-17(16)21-18/h1-11,24-25H,12-14H2,(H,22,23). The minimum absolute atomic E-state index is 0.120. The molecule has 134 valence electrons. The van der Waals surface area contributed by atoms with E-state index in [9.17, 15) is 15.0 Å². The van der Waals surface area contributed by atoms with Gasteiger partial charge in [0, 0.05) is 23.5 Å². The molecule has 0 aliphatic heterocycles. The normalized spacial score (nSPS) is 13.9. The Balaban J connectivity index is 1.56. The summed E-state index contributed by atoms with van der Waals surface area (Å²) in [7, 11) is 0.323. The predicted octanol–water partition coefficient (Wildman–Crippen LogP) is 4.02. The zero-order chi connectivity index (χ0) is 18.4. The maximum absolute atomic E-state index is 11.6. The van der Waals surface area contributed by atoms with E-state index in [0.29, 0.717) is 8.58 Å². The summed E-state index contributed by atoms with van der Waals surface area (Å²) in [6, 6.07) is 21.2. The number of rotatable bonds is 8. The van der Waals surface area contributed by atoms with E-state index in [0.717, 1.165) is 27.0 Å². The molecule has 0 aliphatic rings. The number of carboxylic acid groups (broad SMARTS) is 1. The van der Waals surface area contributed by atoms with Gasteiger partial charge in [-0.25, -0.2) is 9.78 Å². The fourth-order valence-corrected chi connectivity index (χ4v) is 5.08. The van der Waals surface area contributed by atoms with Crippen molar-refractivity contribution in [2.24, 2.45) is 0 Å². The molecule has 2 unspecified atom stereocenters. The van der Waals surface area contributed by atoms with Gasteiger partial charge in [0.1, 0.15) is 0 Å². The number of hydrogen-bond donors (Lipinski definition) is 2. The number of pyridine rings is 1. The number of aliphatic carboxylic acids is 1. The van der Waals surface area contributed by atoms with Crippen molar-refractivity contribution in [2.45, 2.75) is 17.0 Å². The Morgan fingerprint density at radius 3 is 2.54 bits per heavy atom. The van der Waals surface area contributed by atoms with Crippen molar-refractivity contribution in [1.29, 1.82) is 0 Å². The molecular formula is C20H20NO3PS. The summed E-state index contributed by atoms with van der Waals surface area (Å²) in [6.45, 7) is 0. The Bertz CT molecular complexity index is 890. The molecule has 3 rings (SSSR count). The van der Waals surface area contributed by atoms with E-state index in [4.69, 9.17) is 0 Å². The van der Waals surface area contributed by atoms with Crippen LogP contribution in [0.5, 0.6) is 0 Å². The highest BCUT2D eigenvalue weighted by Gasteiger charge is 2.35. The number of fused-ring (bicyclic) bond motifs is 1. The Morgan fingerprint density at radius 1 is 1.04 bits per heavy atom. The molecule has 6 heteroatoms. The number of thioether (sulfide) groups is 1. The van der Waals surface area contributed by atoms with Gasteiger partial charge in [-0.3, -0.25) is 0 Å². The first kappa shape index (κ1) is 18.8. The zero-order valence-electron chi connectivity index (χ0n) is 14.1. The van der Waals surface area contributed by atoms with Crippen LogP contribution in [0, 0.1) is 0 Å². The van der Waals surface area contributed by atoms with E-state index < -0.39 is 11.6 Å². The van der Waals surface area contributed by atoms with Gasteiger partial charge in [-0.05, 0) is 17.7 Å². The molecule has 2 aromatic carbocycles. The average molecular weight is 385 g/mol. The van der Waals surface area contributed by atoms with Crippen LogP contribution >= 0.6 is 20.3 Å². The van der Waals surface area contributed by atoms with Gasteiger partial charge in [0.15, 0.2) is 5.60 Å². The monoisotopic (exact) mass is 385 g/mol. The SMILES string of the molecule is O=C(O)C(O)(CPCSc1ccc2ccccc2n1)Cc1ccccc1. The molecule has 2 N–H and O–H groups in total. The molecule has 4 nitrogen and oxygen atoms in total. The third-order valence-corrected chi connectivity index (χ3v) is 6.80. The van der Waals surface area contributed by atoms with Gasteiger partial charge in [-0.1, -0.05) is 54.6 Å². The summed E-state index contributed by atoms with van der Waals surface area (Å²) >= 11 is 1.59. The van der Waals surface area contributed by atoms with E-state index in [-0.39, 0.29) is 12.6 Å². The molecule has 1 aromatic heterocycles. The summed E-state index contributed by atoms with van der Waals surface area (Å²) in [6.07, 6.45) is 0.354. The third-order valence-electron chi connectivity index (χ3n) is 4.05. The number of hydrogen-bond acceptors (Lipinski definition) is 4. The summed E-state index contributed by atoms with van der Waals surface area (Å²) in [4.78, 5) is 16.2. The lowest BCUT2D eigenvalue weighted by molar-refractivity contribution is -0.155. The molecule has 0 radical (unpaired) electrons. The minimum atomic E-state index is -1.73. The lowest BCUT2D eigenvalue weighted by Crippen LogP contribution is -2.43. The molecule has 3 aromatic rings. The van der Waals surface area contributed by atoms with Gasteiger partial charge < -0.3 is 10.2 Å². The van der Waals surface area contributed by atoms with Crippen molar-refractivity contribution in [2.75, 3.05) is 11.7 Å². The van der Waals surface area contributed by atoms with E-state index in [1.807, 2.05) is 66.7 Å². The predicted molar refractivity (Wildman–Crippen MR) is 108 cm³/mol. The van der Waals surface area contributed by atoms with Crippen LogP contribution in [-0.2, 0) is 11.2 Å². The van der Waals surface area contributed by atoms with Crippen LogP contribution < -0.4 is 0 Å². The molecule has 1 heterocycles. The van der Waals surface area contributed by atoms with Crippen molar-refractivity contribution in [3.8, 4) is 0 Å². The van der Waals surface area contributed by atoms with Crippen molar-refractivity contribution in [3.05, 3.63) is 72.3 Å². The molecule has 2 atom stereocenters. The van der Waals surface area contributed by atoms with Crippen LogP contribution in [0.15, 0.2) is 71.8 Å². The molecule has 0 saturated heterocycles. The number of carbonyl (C=O) groups is 1. The molecule has 0 amide bonds. The Morgan fingerprint density at radius 2 is 1.77 bits per heavy atom. The first-order valence-electron chi connectivity index (χ1n) is 8.26. The van der Waals surface area contributed by atoms with Crippen molar-refractivity contribution >= 4 is 37.2 Å². The molecule has 26 heavy (non-hydrogen) atoms. The molecular weight excluding hydrogens is 365 g/mol. The topological polar surface area (TPSA) is 70.4 Å². The first-order chi connectivity index (χ1) is 12.6. The third kappa shape index (κ3) is 4.82. The average Bonchev–Trinajstić information content (AvgIpc) is 2.66. The van der Waals surface area contributed by atoms with E-state index in [1.54, 1.807) is 11.8 Å². The lowest BCUT2D eigenvalue weighted by Gasteiger charge is -2.23. The van der Waals surface area contributed by atoms with Gasteiger partial charge in [-0.2, -0.15) is 0 Å². The van der Waals surface area contributed by atoms with E-state index >= 15 is 0 Å². The smallest absolute Gasteiger partial charge is 0.336 e. The lowest BCUT2D eigenvalue weighted by atomic mass is 9.97. The van der Waals surface area contributed by atoms with Gasteiger partial charge in [0.2, 0.25) is 0 Å². The largest absolute Gasteiger partial charge is 0.479 e.